The highest BCUT2D eigenvalue weighted by Gasteiger charge is 2.07. The maximum atomic E-state index is 11.2. The van der Waals surface area contributed by atoms with Gasteiger partial charge in [0, 0.05) is 31.6 Å². The molecule has 0 bridgehead atoms. The highest BCUT2D eigenvalue weighted by atomic mass is 16.4. The topological polar surface area (TPSA) is 79.5 Å². The molecule has 0 amide bonds. The molecule has 1 heterocycles. The van der Waals surface area contributed by atoms with Gasteiger partial charge in [0.15, 0.2) is 5.43 Å². The monoisotopic (exact) mass is 225 g/mol. The van der Waals surface area contributed by atoms with E-state index in [1.807, 2.05) is 0 Å². The van der Waals surface area contributed by atoms with Gasteiger partial charge in [-0.05, 0) is 19.3 Å². The van der Waals surface area contributed by atoms with Gasteiger partial charge in [-0.1, -0.05) is 0 Å². The van der Waals surface area contributed by atoms with Crippen molar-refractivity contribution in [1.82, 2.24) is 4.57 Å². The summed E-state index contributed by atoms with van der Waals surface area (Å²) in [5.41, 5.74) is -0.677. The Balaban J connectivity index is 2.64. The van der Waals surface area contributed by atoms with E-state index < -0.39 is 11.4 Å². The molecule has 2 N–H and O–H groups in total. The van der Waals surface area contributed by atoms with Crippen molar-refractivity contribution in [2.24, 2.45) is 0 Å². The summed E-state index contributed by atoms with van der Waals surface area (Å²) >= 11 is 0. The molecule has 0 aromatic carbocycles. The standard InChI is InChI=1S/C11H15NO4/c13-7-3-1-2-5-12-6-4-10(14)9(8-12)11(15)16/h4,6,8,13H,1-3,5,7H2,(H,15,16). The number of rotatable bonds is 6. The highest BCUT2D eigenvalue weighted by Crippen LogP contribution is 2.00. The van der Waals surface area contributed by atoms with Gasteiger partial charge >= 0.3 is 5.97 Å². The fraction of sp³-hybridized carbons (Fsp3) is 0.455. The zero-order valence-corrected chi connectivity index (χ0v) is 8.93. The molecule has 0 radical (unpaired) electrons. The van der Waals surface area contributed by atoms with Crippen molar-refractivity contribution in [2.75, 3.05) is 6.61 Å². The number of carboxylic acid groups (broad SMARTS) is 1. The Morgan fingerprint density at radius 3 is 2.69 bits per heavy atom. The van der Waals surface area contributed by atoms with Crippen LogP contribution in [0.5, 0.6) is 0 Å². The van der Waals surface area contributed by atoms with Crippen molar-refractivity contribution >= 4 is 5.97 Å². The van der Waals surface area contributed by atoms with E-state index in [4.69, 9.17) is 10.2 Å². The largest absolute Gasteiger partial charge is 0.477 e. The van der Waals surface area contributed by atoms with Crippen molar-refractivity contribution in [1.29, 1.82) is 0 Å². The molecule has 1 aromatic heterocycles. The zero-order chi connectivity index (χ0) is 12.0. The summed E-state index contributed by atoms with van der Waals surface area (Å²) in [4.78, 5) is 21.9. The van der Waals surface area contributed by atoms with E-state index in [1.54, 1.807) is 10.8 Å². The third kappa shape index (κ3) is 3.51. The van der Waals surface area contributed by atoms with E-state index in [9.17, 15) is 9.59 Å². The number of nitrogens with zero attached hydrogens (tertiary/aromatic N) is 1. The molecule has 0 aliphatic heterocycles. The molecule has 16 heavy (non-hydrogen) atoms. The molecule has 88 valence electrons. The summed E-state index contributed by atoms with van der Waals surface area (Å²) < 4.78 is 1.68. The molecule has 0 aliphatic rings. The van der Waals surface area contributed by atoms with Crippen molar-refractivity contribution in [3.8, 4) is 0 Å². The van der Waals surface area contributed by atoms with E-state index in [1.165, 1.54) is 12.3 Å². The molecule has 0 saturated heterocycles. The third-order valence-corrected chi connectivity index (χ3v) is 2.28. The second kappa shape index (κ2) is 6.07. The number of aryl methyl sites for hydroxylation is 1. The van der Waals surface area contributed by atoms with E-state index in [-0.39, 0.29) is 12.2 Å². The number of hydrogen-bond donors (Lipinski definition) is 2. The Morgan fingerprint density at radius 2 is 2.06 bits per heavy atom. The van der Waals surface area contributed by atoms with Gasteiger partial charge in [-0.25, -0.2) is 4.79 Å². The molecular weight excluding hydrogens is 210 g/mol. The fourth-order valence-corrected chi connectivity index (χ4v) is 1.41. The van der Waals surface area contributed by atoms with Gasteiger partial charge in [-0.3, -0.25) is 4.79 Å². The first-order chi connectivity index (χ1) is 7.65. The van der Waals surface area contributed by atoms with Crippen LogP contribution in [0.25, 0.3) is 0 Å². The van der Waals surface area contributed by atoms with Gasteiger partial charge in [0.2, 0.25) is 0 Å². The molecule has 1 rings (SSSR count). The summed E-state index contributed by atoms with van der Waals surface area (Å²) in [6, 6.07) is 1.26. The number of aromatic carboxylic acids is 1. The van der Waals surface area contributed by atoms with Crippen LogP contribution in [0, 0.1) is 0 Å². The van der Waals surface area contributed by atoms with Crippen molar-refractivity contribution in [3.05, 3.63) is 34.2 Å². The van der Waals surface area contributed by atoms with Crippen LogP contribution in [-0.4, -0.2) is 27.4 Å². The molecule has 0 saturated carbocycles. The van der Waals surface area contributed by atoms with Gasteiger partial charge in [-0.2, -0.15) is 0 Å². The summed E-state index contributed by atoms with van der Waals surface area (Å²) in [6.45, 7) is 0.825. The molecule has 0 unspecified atom stereocenters. The van der Waals surface area contributed by atoms with Crippen LogP contribution in [0.3, 0.4) is 0 Å². The van der Waals surface area contributed by atoms with Crippen LogP contribution in [-0.2, 0) is 6.54 Å². The number of aliphatic hydroxyl groups is 1. The Kier molecular flexibility index (Phi) is 4.72. The third-order valence-electron chi connectivity index (χ3n) is 2.28. The molecule has 0 aliphatic carbocycles. The Bertz CT molecular complexity index is 411. The second-order valence-corrected chi connectivity index (χ2v) is 3.55. The predicted octanol–water partition coefficient (Wildman–Crippen LogP) is 0.709. The van der Waals surface area contributed by atoms with Crippen LogP contribution < -0.4 is 5.43 Å². The van der Waals surface area contributed by atoms with Gasteiger partial charge in [-0.15, -0.1) is 0 Å². The first-order valence-corrected chi connectivity index (χ1v) is 5.19. The van der Waals surface area contributed by atoms with Crippen LogP contribution >= 0.6 is 0 Å². The lowest BCUT2D eigenvalue weighted by Crippen LogP contribution is -2.16. The average Bonchev–Trinajstić information content (AvgIpc) is 2.26. The summed E-state index contributed by atoms with van der Waals surface area (Å²) in [7, 11) is 0. The zero-order valence-electron chi connectivity index (χ0n) is 8.93. The number of aromatic nitrogens is 1. The maximum absolute atomic E-state index is 11.2. The fourth-order valence-electron chi connectivity index (χ4n) is 1.41. The van der Waals surface area contributed by atoms with Gasteiger partial charge in [0.1, 0.15) is 5.56 Å². The number of carbonyl (C=O) groups is 1. The van der Waals surface area contributed by atoms with Gasteiger partial charge in [0.25, 0.3) is 0 Å². The highest BCUT2D eigenvalue weighted by molar-refractivity contribution is 5.86. The lowest BCUT2D eigenvalue weighted by molar-refractivity contribution is 0.0694. The average molecular weight is 225 g/mol. The number of unbranched alkanes of at least 4 members (excludes halogenated alkanes) is 2. The van der Waals surface area contributed by atoms with Crippen molar-refractivity contribution < 1.29 is 15.0 Å². The number of pyridine rings is 1. The lowest BCUT2D eigenvalue weighted by Gasteiger charge is -2.06. The molecule has 1 aromatic rings. The normalized spacial score (nSPS) is 10.3. The molecule has 5 nitrogen and oxygen atoms in total. The summed E-state index contributed by atoms with van der Waals surface area (Å²) in [5, 5.41) is 17.3. The Labute approximate surface area is 93.0 Å². The first kappa shape index (κ1) is 12.4. The summed E-state index contributed by atoms with van der Waals surface area (Å²) in [6.07, 6.45) is 5.40. The minimum atomic E-state index is -1.20. The van der Waals surface area contributed by atoms with Crippen molar-refractivity contribution in [2.45, 2.75) is 25.8 Å². The second-order valence-electron chi connectivity index (χ2n) is 3.55. The van der Waals surface area contributed by atoms with E-state index in [0.29, 0.717) is 6.54 Å². The molecule has 5 heteroatoms. The molecule has 0 atom stereocenters. The lowest BCUT2D eigenvalue weighted by atomic mass is 10.2. The molecule has 0 spiro atoms. The van der Waals surface area contributed by atoms with E-state index in [2.05, 4.69) is 0 Å². The quantitative estimate of drug-likeness (QED) is 0.699. The van der Waals surface area contributed by atoms with E-state index >= 15 is 0 Å². The molecular formula is C11H15NO4. The summed E-state index contributed by atoms with van der Waals surface area (Å²) in [5.74, 6) is -1.20. The van der Waals surface area contributed by atoms with Gasteiger partial charge < -0.3 is 14.8 Å². The maximum Gasteiger partial charge on any atom is 0.341 e. The predicted molar refractivity (Wildman–Crippen MR) is 58.6 cm³/mol. The van der Waals surface area contributed by atoms with Crippen LogP contribution in [0.15, 0.2) is 23.3 Å². The minimum Gasteiger partial charge on any atom is -0.477 e. The smallest absolute Gasteiger partial charge is 0.341 e. The Hall–Kier alpha value is -1.62. The van der Waals surface area contributed by atoms with Crippen LogP contribution in [0.4, 0.5) is 0 Å². The van der Waals surface area contributed by atoms with Gasteiger partial charge in [0.05, 0.1) is 0 Å². The van der Waals surface area contributed by atoms with E-state index in [0.717, 1.165) is 19.3 Å². The number of aliphatic hydroxyl groups excluding tert-OH is 1. The first-order valence-electron chi connectivity index (χ1n) is 5.19. The van der Waals surface area contributed by atoms with Crippen LogP contribution in [0.1, 0.15) is 29.6 Å². The number of carboxylic acids is 1. The van der Waals surface area contributed by atoms with Crippen molar-refractivity contribution in [3.63, 3.8) is 0 Å². The molecule has 0 fully saturated rings. The SMILES string of the molecule is O=C(O)c1cn(CCCCCO)ccc1=O. The number of hydrogen-bond acceptors (Lipinski definition) is 3. The Morgan fingerprint density at radius 1 is 1.31 bits per heavy atom. The van der Waals surface area contributed by atoms with Crippen LogP contribution in [0.2, 0.25) is 0 Å². The minimum absolute atomic E-state index is 0.171.